The predicted molar refractivity (Wildman–Crippen MR) is 75.1 cm³/mol. The zero-order valence-electron chi connectivity index (χ0n) is 12.0. The first kappa shape index (κ1) is 15.3. The number of amides is 1. The number of carbonyl (C=O) groups excluding carboxylic acids is 1. The molecule has 0 bridgehead atoms. The fourth-order valence-corrected chi connectivity index (χ4v) is 1.64. The summed E-state index contributed by atoms with van der Waals surface area (Å²) in [5, 5.41) is 2.88. The van der Waals surface area contributed by atoms with Gasteiger partial charge in [-0.3, -0.25) is 4.79 Å². The minimum Gasteiger partial charge on any atom is -0.497 e. The Morgan fingerprint density at radius 3 is 2.21 bits per heavy atom. The number of carbonyl (C=O) groups is 1. The summed E-state index contributed by atoms with van der Waals surface area (Å²) >= 11 is 0. The van der Waals surface area contributed by atoms with E-state index in [1.807, 2.05) is 14.1 Å². The van der Waals surface area contributed by atoms with Gasteiger partial charge in [-0.15, -0.1) is 0 Å². The second kappa shape index (κ2) is 7.63. The van der Waals surface area contributed by atoms with Gasteiger partial charge >= 0.3 is 0 Å². The first-order chi connectivity index (χ1) is 9.06. The van der Waals surface area contributed by atoms with Gasteiger partial charge in [0.1, 0.15) is 11.5 Å². The Kier molecular flexibility index (Phi) is 6.15. The van der Waals surface area contributed by atoms with E-state index in [-0.39, 0.29) is 5.91 Å². The van der Waals surface area contributed by atoms with Gasteiger partial charge in [-0.05, 0) is 39.2 Å². The third kappa shape index (κ3) is 5.18. The van der Waals surface area contributed by atoms with E-state index in [0.29, 0.717) is 23.6 Å². The van der Waals surface area contributed by atoms with Crippen LogP contribution in [0.2, 0.25) is 0 Å². The summed E-state index contributed by atoms with van der Waals surface area (Å²) in [5.74, 6) is 1.10. The van der Waals surface area contributed by atoms with Crippen molar-refractivity contribution in [1.29, 1.82) is 0 Å². The van der Waals surface area contributed by atoms with Crippen LogP contribution in [-0.2, 0) is 0 Å². The Hall–Kier alpha value is -1.75. The molecule has 0 saturated carbocycles. The van der Waals surface area contributed by atoms with Crippen LogP contribution in [0.1, 0.15) is 16.8 Å². The lowest BCUT2D eigenvalue weighted by molar-refractivity contribution is 0.0951. The Morgan fingerprint density at radius 2 is 1.74 bits per heavy atom. The van der Waals surface area contributed by atoms with E-state index in [0.717, 1.165) is 13.0 Å². The number of nitrogens with one attached hydrogen (secondary N) is 1. The third-order valence-electron chi connectivity index (χ3n) is 2.68. The lowest BCUT2D eigenvalue weighted by atomic mass is 10.2. The zero-order chi connectivity index (χ0) is 14.3. The van der Waals surface area contributed by atoms with E-state index in [1.54, 1.807) is 32.4 Å². The van der Waals surface area contributed by atoms with Gasteiger partial charge in [0.15, 0.2) is 0 Å². The number of nitrogens with zero attached hydrogens (tertiary/aromatic N) is 1. The minimum absolute atomic E-state index is 0.115. The van der Waals surface area contributed by atoms with Crippen molar-refractivity contribution in [2.45, 2.75) is 6.42 Å². The van der Waals surface area contributed by atoms with Crippen molar-refractivity contribution >= 4 is 5.91 Å². The summed E-state index contributed by atoms with van der Waals surface area (Å²) in [7, 11) is 7.14. The van der Waals surface area contributed by atoms with Gasteiger partial charge in [0.25, 0.3) is 5.91 Å². The van der Waals surface area contributed by atoms with E-state index in [4.69, 9.17) is 9.47 Å². The molecule has 0 unspecified atom stereocenters. The Bertz CT molecular complexity index is 397. The topological polar surface area (TPSA) is 50.8 Å². The molecule has 1 amide bonds. The molecular weight excluding hydrogens is 244 g/mol. The normalized spacial score (nSPS) is 10.4. The number of rotatable bonds is 7. The van der Waals surface area contributed by atoms with Gasteiger partial charge in [-0.2, -0.15) is 0 Å². The van der Waals surface area contributed by atoms with Crippen LogP contribution in [0.4, 0.5) is 0 Å². The van der Waals surface area contributed by atoms with Crippen LogP contribution in [0.25, 0.3) is 0 Å². The fourth-order valence-electron chi connectivity index (χ4n) is 1.64. The molecule has 0 aliphatic rings. The predicted octanol–water partition coefficient (Wildman–Crippen LogP) is 1.39. The summed E-state index contributed by atoms with van der Waals surface area (Å²) in [6.45, 7) is 1.60. The van der Waals surface area contributed by atoms with Crippen LogP contribution in [0.5, 0.6) is 11.5 Å². The number of ether oxygens (including phenoxy) is 2. The monoisotopic (exact) mass is 266 g/mol. The van der Waals surface area contributed by atoms with Gasteiger partial charge in [0.2, 0.25) is 0 Å². The average Bonchev–Trinajstić information content (AvgIpc) is 2.42. The maximum absolute atomic E-state index is 12.0. The molecule has 0 saturated heterocycles. The lowest BCUT2D eigenvalue weighted by Gasteiger charge is -2.11. The van der Waals surface area contributed by atoms with Crippen molar-refractivity contribution in [3.05, 3.63) is 23.8 Å². The Morgan fingerprint density at radius 1 is 1.16 bits per heavy atom. The fraction of sp³-hybridized carbons (Fsp3) is 0.500. The van der Waals surface area contributed by atoms with Crippen molar-refractivity contribution in [3.8, 4) is 11.5 Å². The van der Waals surface area contributed by atoms with Gasteiger partial charge in [-0.25, -0.2) is 0 Å². The molecule has 106 valence electrons. The van der Waals surface area contributed by atoms with Gasteiger partial charge in [-0.1, -0.05) is 0 Å². The molecule has 1 aromatic rings. The van der Waals surface area contributed by atoms with Crippen molar-refractivity contribution in [1.82, 2.24) is 10.2 Å². The molecule has 0 spiro atoms. The minimum atomic E-state index is -0.115. The van der Waals surface area contributed by atoms with E-state index < -0.39 is 0 Å². The van der Waals surface area contributed by atoms with Crippen LogP contribution in [0.3, 0.4) is 0 Å². The maximum Gasteiger partial charge on any atom is 0.251 e. The van der Waals surface area contributed by atoms with Crippen LogP contribution >= 0.6 is 0 Å². The summed E-state index contributed by atoms with van der Waals surface area (Å²) in [6.07, 6.45) is 0.917. The molecule has 0 radical (unpaired) electrons. The SMILES string of the molecule is COc1cc(OC)cc(C(=O)NCCCN(C)C)c1. The molecule has 1 rings (SSSR count). The highest BCUT2D eigenvalue weighted by Gasteiger charge is 2.09. The molecule has 0 fully saturated rings. The van der Waals surface area contributed by atoms with E-state index >= 15 is 0 Å². The van der Waals surface area contributed by atoms with E-state index in [1.165, 1.54) is 0 Å². The van der Waals surface area contributed by atoms with Crippen LogP contribution in [-0.4, -0.2) is 52.2 Å². The second-order valence-electron chi connectivity index (χ2n) is 4.51. The van der Waals surface area contributed by atoms with Crippen molar-refractivity contribution in [3.63, 3.8) is 0 Å². The molecule has 19 heavy (non-hydrogen) atoms. The highest BCUT2D eigenvalue weighted by atomic mass is 16.5. The third-order valence-corrected chi connectivity index (χ3v) is 2.68. The molecule has 1 N–H and O–H groups in total. The van der Waals surface area contributed by atoms with E-state index in [9.17, 15) is 4.79 Å². The second-order valence-corrected chi connectivity index (χ2v) is 4.51. The number of hydrogen-bond donors (Lipinski definition) is 1. The molecule has 0 aromatic heterocycles. The smallest absolute Gasteiger partial charge is 0.251 e. The Labute approximate surface area is 114 Å². The molecule has 1 aromatic carbocycles. The summed E-state index contributed by atoms with van der Waals surface area (Å²) < 4.78 is 10.3. The van der Waals surface area contributed by atoms with Gasteiger partial charge in [0.05, 0.1) is 14.2 Å². The summed E-state index contributed by atoms with van der Waals surface area (Å²) in [4.78, 5) is 14.1. The standard InChI is InChI=1S/C14H22N2O3/c1-16(2)7-5-6-15-14(17)11-8-12(18-3)10-13(9-11)19-4/h8-10H,5-7H2,1-4H3,(H,15,17). The van der Waals surface area contributed by atoms with Gasteiger partial charge < -0.3 is 19.7 Å². The highest BCUT2D eigenvalue weighted by Crippen LogP contribution is 2.22. The number of hydrogen-bond acceptors (Lipinski definition) is 4. The van der Waals surface area contributed by atoms with Crippen molar-refractivity contribution < 1.29 is 14.3 Å². The first-order valence-corrected chi connectivity index (χ1v) is 6.23. The van der Waals surface area contributed by atoms with Crippen molar-refractivity contribution in [2.24, 2.45) is 0 Å². The molecule has 0 aliphatic carbocycles. The molecule has 5 heteroatoms. The zero-order valence-corrected chi connectivity index (χ0v) is 12.0. The summed E-state index contributed by atoms with van der Waals surface area (Å²) in [5.41, 5.74) is 0.543. The van der Waals surface area contributed by atoms with Crippen LogP contribution < -0.4 is 14.8 Å². The van der Waals surface area contributed by atoms with Crippen LogP contribution in [0, 0.1) is 0 Å². The molecule has 5 nitrogen and oxygen atoms in total. The van der Waals surface area contributed by atoms with E-state index in [2.05, 4.69) is 10.2 Å². The average molecular weight is 266 g/mol. The maximum atomic E-state index is 12.0. The molecule has 0 atom stereocenters. The quantitative estimate of drug-likeness (QED) is 0.758. The number of benzene rings is 1. The summed E-state index contributed by atoms with van der Waals surface area (Å²) in [6, 6.07) is 5.14. The molecular formula is C14H22N2O3. The van der Waals surface area contributed by atoms with Gasteiger partial charge in [0, 0.05) is 18.2 Å². The Balaban J connectivity index is 2.60. The highest BCUT2D eigenvalue weighted by molar-refractivity contribution is 5.95. The van der Waals surface area contributed by atoms with Crippen LogP contribution in [0.15, 0.2) is 18.2 Å². The molecule has 0 heterocycles. The van der Waals surface area contributed by atoms with Crippen molar-refractivity contribution in [2.75, 3.05) is 41.4 Å². The lowest BCUT2D eigenvalue weighted by Crippen LogP contribution is -2.27. The number of methoxy groups -OCH3 is 2. The largest absolute Gasteiger partial charge is 0.497 e. The molecule has 0 aliphatic heterocycles. The first-order valence-electron chi connectivity index (χ1n) is 6.23.